The number of aliphatic hydroxyl groups excluding tert-OH is 2. The van der Waals surface area contributed by atoms with Gasteiger partial charge < -0.3 is 39.6 Å². The molecule has 3 fully saturated rings. The van der Waals surface area contributed by atoms with Crippen molar-refractivity contribution < 1.29 is 58.2 Å². The third-order valence-corrected chi connectivity index (χ3v) is 12.7. The van der Waals surface area contributed by atoms with Gasteiger partial charge in [-0.3, -0.25) is 19.2 Å². The molecule has 0 spiro atoms. The Hall–Kier alpha value is -3.85. The lowest BCUT2D eigenvalue weighted by Crippen LogP contribution is -2.79. The van der Waals surface area contributed by atoms with E-state index in [0.717, 1.165) is 6.92 Å². The number of hydrogen-bond donors (Lipinski definition) is 4. The molecule has 1 saturated heterocycles. The van der Waals surface area contributed by atoms with Gasteiger partial charge >= 0.3 is 17.9 Å². The topological polar surface area (TPSA) is 195 Å². The highest BCUT2D eigenvalue weighted by Crippen LogP contribution is 2.65. The number of aliphatic hydroxyl groups is 3. The highest BCUT2D eigenvalue weighted by Gasteiger charge is 2.76. The first-order valence-electron chi connectivity index (χ1n) is 18.8. The normalized spacial score (nSPS) is 33.5. The van der Waals surface area contributed by atoms with Crippen LogP contribution in [0, 0.1) is 22.7 Å². The first-order chi connectivity index (χ1) is 26.7. The van der Waals surface area contributed by atoms with E-state index in [-0.39, 0.29) is 30.4 Å². The zero-order valence-corrected chi connectivity index (χ0v) is 34.5. The third kappa shape index (κ3) is 7.63. The molecule has 4 aliphatic rings. The minimum absolute atomic E-state index is 0.0487. The number of halogens is 2. The van der Waals surface area contributed by atoms with Crippen LogP contribution < -0.4 is 5.32 Å². The van der Waals surface area contributed by atoms with Crippen LogP contribution in [0.5, 0.6) is 0 Å². The summed E-state index contributed by atoms with van der Waals surface area (Å²) < 4.78 is 23.7. The Morgan fingerprint density at radius 3 is 2.07 bits per heavy atom. The number of fused-ring (bicyclic) bond motifs is 5. The fraction of sp³-hybridized carbons (Fsp3) is 0.548. The molecule has 1 heterocycles. The van der Waals surface area contributed by atoms with Gasteiger partial charge in [-0.1, -0.05) is 69.3 Å². The molecule has 4 N–H and O–H groups in total. The van der Waals surface area contributed by atoms with Crippen LogP contribution in [-0.4, -0.2) is 98.6 Å². The van der Waals surface area contributed by atoms with Crippen molar-refractivity contribution >= 4 is 52.8 Å². The van der Waals surface area contributed by atoms with E-state index in [1.807, 2.05) is 0 Å². The lowest BCUT2D eigenvalue weighted by atomic mass is 9.42. The molecular weight excluding hydrogens is 781 g/mol. The van der Waals surface area contributed by atoms with Gasteiger partial charge in [-0.25, -0.2) is 4.79 Å². The number of benzene rings is 2. The van der Waals surface area contributed by atoms with Crippen molar-refractivity contribution in [2.75, 3.05) is 11.9 Å². The maximum atomic E-state index is 15.1. The molecule has 2 aromatic rings. The molecule has 57 heavy (non-hydrogen) atoms. The van der Waals surface area contributed by atoms with Crippen molar-refractivity contribution in [2.24, 2.45) is 22.7 Å². The molecule has 1 aliphatic heterocycles. The zero-order chi connectivity index (χ0) is 42.2. The van der Waals surface area contributed by atoms with E-state index < -0.39 is 100 Å². The van der Waals surface area contributed by atoms with Gasteiger partial charge in [0.15, 0.2) is 23.6 Å². The lowest BCUT2D eigenvalue weighted by molar-refractivity contribution is -0.338. The quantitative estimate of drug-likeness (QED) is 0.126. The second-order valence-electron chi connectivity index (χ2n) is 16.1. The summed E-state index contributed by atoms with van der Waals surface area (Å²) in [4.78, 5) is 67.8. The number of rotatable bonds is 8. The Kier molecular flexibility index (Phi) is 13.0. The van der Waals surface area contributed by atoms with E-state index in [1.54, 1.807) is 95.3 Å². The number of nitrogens with one attached hydrogen (secondary N) is 1. The van der Waals surface area contributed by atoms with Crippen LogP contribution in [0.4, 0.5) is 0 Å². The number of amides is 1. The summed E-state index contributed by atoms with van der Waals surface area (Å²) in [5, 5.41) is 39.5. The second-order valence-corrected chi connectivity index (χ2v) is 16.9. The van der Waals surface area contributed by atoms with Crippen molar-refractivity contribution in [2.45, 2.75) is 109 Å². The van der Waals surface area contributed by atoms with E-state index in [9.17, 15) is 34.5 Å². The Bertz CT molecular complexity index is 1890. The summed E-state index contributed by atoms with van der Waals surface area (Å²) in [5.74, 6) is -5.76. The van der Waals surface area contributed by atoms with Gasteiger partial charge in [-0.15, -0.1) is 23.2 Å². The third-order valence-electron chi connectivity index (χ3n) is 12.7. The van der Waals surface area contributed by atoms with Crippen LogP contribution in [0.15, 0.2) is 71.8 Å². The lowest BCUT2D eigenvalue weighted by Gasteiger charge is -2.68. The molecule has 2 aromatic carbocycles. The summed E-state index contributed by atoms with van der Waals surface area (Å²) in [6, 6.07) is 15.5. The predicted molar refractivity (Wildman–Crippen MR) is 208 cm³/mol. The van der Waals surface area contributed by atoms with Crippen LogP contribution >= 0.6 is 23.2 Å². The van der Waals surface area contributed by atoms with Gasteiger partial charge in [0.05, 0.1) is 35.1 Å². The smallest absolute Gasteiger partial charge is 0.338 e. The maximum absolute atomic E-state index is 15.1. The van der Waals surface area contributed by atoms with Gasteiger partial charge in [0.1, 0.15) is 12.2 Å². The SMILES string of the molecule is CC(=O)O[C@H]1C(=O)[C@@]2(C)[C@H]([C@H](C)[C@]3(O)C[C@H](OC(=O)[C@H](O)[C@H](NC(=O)c4ccccc4)c4ccccc4)C(C)=C1C3(C)C)[C@]1(OC(C)=O)CO[C@@H]1C[C@@H]2O.ClCCl. The fourth-order valence-electron chi connectivity index (χ4n) is 9.91. The predicted octanol–water partition coefficient (Wildman–Crippen LogP) is 4.57. The van der Waals surface area contributed by atoms with E-state index in [1.165, 1.54) is 6.92 Å². The Balaban J connectivity index is 0.00000200. The highest BCUT2D eigenvalue weighted by molar-refractivity contribution is 6.40. The van der Waals surface area contributed by atoms with Crippen molar-refractivity contribution in [3.05, 3.63) is 82.9 Å². The van der Waals surface area contributed by atoms with Gasteiger partial charge in [0.25, 0.3) is 5.91 Å². The Morgan fingerprint density at radius 2 is 1.54 bits per heavy atom. The zero-order valence-electron chi connectivity index (χ0n) is 33.0. The molecule has 13 nitrogen and oxygen atoms in total. The molecule has 6 rings (SSSR count). The largest absolute Gasteiger partial charge is 0.456 e. The summed E-state index contributed by atoms with van der Waals surface area (Å²) in [6.07, 6.45) is -7.23. The average molecular weight is 833 g/mol. The molecule has 15 heteroatoms. The Labute approximate surface area is 342 Å². The minimum atomic E-state index is -1.92. The molecular formula is C42H51Cl2NO12. The van der Waals surface area contributed by atoms with Gasteiger partial charge in [-0.05, 0) is 48.6 Å². The van der Waals surface area contributed by atoms with Crippen molar-refractivity contribution in [3.8, 4) is 0 Å². The number of Topliss-reactive ketones (excluding diaryl/α,β-unsaturated/α-hetero) is 1. The average Bonchev–Trinajstić information content (AvgIpc) is 3.15. The van der Waals surface area contributed by atoms with E-state index in [0.29, 0.717) is 16.7 Å². The summed E-state index contributed by atoms with van der Waals surface area (Å²) in [5.41, 5.74) is -5.09. The number of ether oxygens (including phenoxy) is 4. The Morgan fingerprint density at radius 1 is 0.965 bits per heavy atom. The standard InChI is InChI=1S/C41H49NO12.CH2Cl2/c1-21-27(53-37(49)32(46)31(25-14-10-8-11-15-25)42-36(48)26-16-12-9-13-17-26)19-41(50)22(2)34-39(7,28(45)18-29-40(34,20-51-29)54-24(4)44)35(47)33(52-23(3)43)30(21)38(41,5)6;2-1-3/h8-17,22,27-29,31-34,45-46,50H,18-20H2,1-7H3,(H,42,48);1H2/t22-,27-,28-,29+,31+,32+,33+,34-,39+,40-,41+;/m0./s1. The first kappa shape index (κ1) is 44.3. The van der Waals surface area contributed by atoms with E-state index in [4.69, 9.17) is 42.1 Å². The maximum Gasteiger partial charge on any atom is 0.338 e. The minimum Gasteiger partial charge on any atom is -0.456 e. The number of ketones is 1. The molecule has 0 aromatic heterocycles. The number of carbonyl (C=O) groups excluding carboxylic acids is 5. The molecule has 0 radical (unpaired) electrons. The van der Waals surface area contributed by atoms with Crippen LogP contribution in [0.1, 0.15) is 83.3 Å². The summed E-state index contributed by atoms with van der Waals surface area (Å²) >= 11 is 9.53. The first-order valence-corrected chi connectivity index (χ1v) is 19.8. The van der Waals surface area contributed by atoms with Crippen molar-refractivity contribution in [1.29, 1.82) is 0 Å². The highest BCUT2D eigenvalue weighted by atomic mass is 35.5. The molecule has 0 unspecified atom stereocenters. The van der Waals surface area contributed by atoms with Crippen LogP contribution in [0.2, 0.25) is 0 Å². The number of alkyl halides is 2. The van der Waals surface area contributed by atoms with Crippen LogP contribution in [-0.2, 0) is 38.1 Å². The molecule has 310 valence electrons. The molecule has 11 atom stereocenters. The van der Waals surface area contributed by atoms with E-state index >= 15 is 4.79 Å². The molecule has 3 aliphatic carbocycles. The number of carbonyl (C=O) groups is 5. The molecule has 2 saturated carbocycles. The van der Waals surface area contributed by atoms with Crippen LogP contribution in [0.25, 0.3) is 0 Å². The number of esters is 3. The number of hydrogen-bond acceptors (Lipinski definition) is 12. The monoisotopic (exact) mass is 831 g/mol. The van der Waals surface area contributed by atoms with Crippen molar-refractivity contribution in [1.82, 2.24) is 5.32 Å². The summed E-state index contributed by atoms with van der Waals surface area (Å²) in [7, 11) is 0. The van der Waals surface area contributed by atoms with Crippen LogP contribution in [0.3, 0.4) is 0 Å². The van der Waals surface area contributed by atoms with Crippen molar-refractivity contribution in [3.63, 3.8) is 0 Å². The summed E-state index contributed by atoms with van der Waals surface area (Å²) in [6.45, 7) is 10.6. The van der Waals surface area contributed by atoms with Gasteiger partial charge in [-0.2, -0.15) is 0 Å². The molecule has 1 amide bonds. The van der Waals surface area contributed by atoms with Gasteiger partial charge in [0, 0.05) is 43.6 Å². The van der Waals surface area contributed by atoms with Gasteiger partial charge in [0.2, 0.25) is 0 Å². The van der Waals surface area contributed by atoms with E-state index in [2.05, 4.69) is 5.32 Å². The molecule has 2 bridgehead atoms. The second kappa shape index (κ2) is 16.8. The fourth-order valence-corrected chi connectivity index (χ4v) is 9.91.